The Morgan fingerprint density at radius 1 is 1.62 bits per heavy atom. The van der Waals surface area contributed by atoms with Crippen molar-refractivity contribution in [3.63, 3.8) is 0 Å². The van der Waals surface area contributed by atoms with E-state index in [4.69, 9.17) is 9.66 Å². The molecule has 0 aliphatic heterocycles. The summed E-state index contributed by atoms with van der Waals surface area (Å²) in [4.78, 5) is 1.05. The number of halogens is 2. The van der Waals surface area contributed by atoms with Crippen LogP contribution in [0.1, 0.15) is 5.56 Å². The Hall–Kier alpha value is 1.13. The molecule has 1 rings (SSSR count). The van der Waals surface area contributed by atoms with Crippen LogP contribution in [0, 0.1) is 0 Å². The third-order valence-electron chi connectivity index (χ3n) is 1.44. The summed E-state index contributed by atoms with van der Waals surface area (Å²) >= 11 is 6.91. The number of hydrogen-bond donors (Lipinski definition) is 1. The van der Waals surface area contributed by atoms with Gasteiger partial charge >= 0.3 is 0 Å². The molecule has 0 saturated carbocycles. The third-order valence-corrected chi connectivity index (χ3v) is 3.92. The normalized spacial score (nSPS) is 11.3. The summed E-state index contributed by atoms with van der Waals surface area (Å²) in [6.45, 7) is 1.12. The molecular weight excluding hydrogens is 384 g/mol. The summed E-state index contributed by atoms with van der Waals surface area (Å²) in [6, 6.07) is 6.00. The van der Waals surface area contributed by atoms with Crippen LogP contribution in [-0.4, -0.2) is 0 Å². The molecule has 0 amide bonds. The molecule has 0 spiro atoms. The summed E-state index contributed by atoms with van der Waals surface area (Å²) in [6.07, 6.45) is 0. The second-order valence-corrected chi connectivity index (χ2v) is 5.56. The molecule has 13 heavy (non-hydrogen) atoms. The van der Waals surface area contributed by atoms with Gasteiger partial charge in [0.05, 0.1) is 13.1 Å². The molecule has 6 heteroatoms. The van der Waals surface area contributed by atoms with Gasteiger partial charge in [-0.2, -0.15) is 0 Å². The third kappa shape index (κ3) is 4.01. The smallest absolute Gasteiger partial charge is 0.0798 e. The summed E-state index contributed by atoms with van der Waals surface area (Å²) in [5, 5.41) is 5.46. The van der Waals surface area contributed by atoms with Gasteiger partial charge in [0.25, 0.3) is 0 Å². The van der Waals surface area contributed by atoms with E-state index in [9.17, 15) is 0 Å². The first kappa shape index (κ1) is 12.2. The second kappa shape index (κ2) is 6.58. The molecule has 1 atom stereocenters. The van der Waals surface area contributed by atoms with Gasteiger partial charge in [0.1, 0.15) is 0 Å². The first-order valence-electron chi connectivity index (χ1n) is 3.40. The van der Waals surface area contributed by atoms with E-state index in [1.165, 1.54) is 11.9 Å². The minimum absolute atomic E-state index is 0.488. The van der Waals surface area contributed by atoms with Crippen molar-refractivity contribution in [2.45, 2.75) is 11.5 Å². The maximum Gasteiger partial charge on any atom is 0.0798 e. The van der Waals surface area contributed by atoms with Crippen LogP contribution in [0.25, 0.3) is 0 Å². The minimum atomic E-state index is 0.488. The molecule has 0 aliphatic rings. The summed E-state index contributed by atoms with van der Waals surface area (Å²) in [7, 11) is 0. The van der Waals surface area contributed by atoms with Crippen LogP contribution in [-0.2, 0) is 11.1 Å². The van der Waals surface area contributed by atoms with E-state index in [0.717, 1.165) is 14.9 Å². The summed E-state index contributed by atoms with van der Waals surface area (Å²) in [5.41, 5.74) is 1.14. The lowest BCUT2D eigenvalue weighted by molar-refractivity contribution is 0.359. The number of nitrogens with two attached hydrogens (primary N) is 1. The Morgan fingerprint density at radius 2 is 2.38 bits per heavy atom. The van der Waals surface area contributed by atoms with E-state index in [1.54, 1.807) is 0 Å². The van der Waals surface area contributed by atoms with E-state index in [0.29, 0.717) is 13.1 Å². The minimum Gasteiger partial charge on any atom is -0.347 e. The predicted molar refractivity (Wildman–Crippen MR) is 71.3 cm³/mol. The second-order valence-electron chi connectivity index (χ2n) is 2.24. The molecule has 1 aromatic rings. The highest BCUT2D eigenvalue weighted by atomic mass is 127. The van der Waals surface area contributed by atoms with Crippen molar-refractivity contribution in [1.82, 2.24) is 0 Å². The predicted octanol–water partition coefficient (Wildman–Crippen LogP) is 3.88. The van der Waals surface area contributed by atoms with Gasteiger partial charge in [-0.25, -0.2) is 0 Å². The molecule has 2 N–H and O–H groups in total. The molecule has 0 fully saturated rings. The number of hydrogen-bond acceptors (Lipinski definition) is 3. The Morgan fingerprint density at radius 3 is 3.00 bits per heavy atom. The first-order chi connectivity index (χ1) is 6.27. The van der Waals surface area contributed by atoms with Crippen molar-refractivity contribution in [2.24, 2.45) is 5.14 Å². The van der Waals surface area contributed by atoms with E-state index >= 15 is 0 Å². The molecular formula is C7H8BrINOPS. The lowest BCUT2D eigenvalue weighted by atomic mass is 10.2. The van der Waals surface area contributed by atoms with Gasteiger partial charge in [-0.15, -0.1) is 0 Å². The molecule has 0 aromatic heterocycles. The van der Waals surface area contributed by atoms with Crippen LogP contribution < -0.4 is 5.14 Å². The fourth-order valence-electron chi connectivity index (χ4n) is 0.840. The zero-order chi connectivity index (χ0) is 9.68. The van der Waals surface area contributed by atoms with Crippen molar-refractivity contribution in [1.29, 1.82) is 0 Å². The quantitative estimate of drug-likeness (QED) is 0.480. The summed E-state index contributed by atoms with van der Waals surface area (Å²) < 4.78 is 6.40. The maximum absolute atomic E-state index is 5.46. The monoisotopic (exact) mass is 391 g/mol. The molecule has 2 nitrogen and oxygen atoms in total. The van der Waals surface area contributed by atoms with Crippen LogP contribution in [0.15, 0.2) is 27.6 Å². The van der Waals surface area contributed by atoms with Crippen molar-refractivity contribution in [3.8, 4) is 0 Å². The average molecular weight is 392 g/mol. The standard InChI is InChI=1S/C7H8BrINOPS/c8-7-2-1-6(13-10)3-5(7)4-11-12-9/h1-3,12H,4,10H2. The fourth-order valence-corrected chi connectivity index (χ4v) is 2.24. The highest BCUT2D eigenvalue weighted by Gasteiger charge is 2.01. The van der Waals surface area contributed by atoms with Crippen molar-refractivity contribution in [2.75, 3.05) is 0 Å². The van der Waals surface area contributed by atoms with Crippen LogP contribution >= 0.6 is 56.4 Å². The van der Waals surface area contributed by atoms with E-state index in [2.05, 4.69) is 38.0 Å². The molecule has 1 unspecified atom stereocenters. The molecule has 72 valence electrons. The molecule has 0 radical (unpaired) electrons. The number of rotatable bonds is 4. The molecule has 0 heterocycles. The van der Waals surface area contributed by atoms with Gasteiger partial charge in [-0.05, 0) is 57.8 Å². The Labute approximate surface area is 105 Å². The van der Waals surface area contributed by atoms with Gasteiger partial charge in [0, 0.05) is 9.37 Å². The Bertz CT molecular complexity index is 289. The maximum atomic E-state index is 5.46. The van der Waals surface area contributed by atoms with Crippen LogP contribution in [0.5, 0.6) is 0 Å². The zero-order valence-electron chi connectivity index (χ0n) is 6.59. The molecule has 0 saturated heterocycles. The molecule has 0 bridgehead atoms. The van der Waals surface area contributed by atoms with E-state index in [1.807, 2.05) is 18.2 Å². The van der Waals surface area contributed by atoms with Gasteiger partial charge < -0.3 is 4.52 Å². The van der Waals surface area contributed by atoms with Gasteiger partial charge in [0.2, 0.25) is 0 Å². The van der Waals surface area contributed by atoms with Crippen molar-refractivity contribution < 1.29 is 4.52 Å². The zero-order valence-corrected chi connectivity index (χ0v) is 12.1. The van der Waals surface area contributed by atoms with Crippen molar-refractivity contribution in [3.05, 3.63) is 28.2 Å². The van der Waals surface area contributed by atoms with E-state index < -0.39 is 0 Å². The number of benzene rings is 1. The van der Waals surface area contributed by atoms with Crippen LogP contribution in [0.3, 0.4) is 0 Å². The Kier molecular flexibility index (Phi) is 6.18. The molecule has 0 aliphatic carbocycles. The SMILES string of the molecule is NSc1ccc(Br)c(COPI)c1. The molecule has 1 aromatic carbocycles. The highest BCUT2D eigenvalue weighted by Crippen LogP contribution is 2.28. The van der Waals surface area contributed by atoms with Gasteiger partial charge in [0.15, 0.2) is 0 Å². The van der Waals surface area contributed by atoms with Gasteiger partial charge in [-0.1, -0.05) is 15.9 Å². The fraction of sp³-hybridized carbons (Fsp3) is 0.143. The van der Waals surface area contributed by atoms with Gasteiger partial charge in [-0.3, -0.25) is 5.14 Å². The highest BCUT2D eigenvalue weighted by molar-refractivity contribution is 14.2. The van der Waals surface area contributed by atoms with Crippen molar-refractivity contribution >= 4 is 56.4 Å². The van der Waals surface area contributed by atoms with Crippen LogP contribution in [0.2, 0.25) is 0 Å². The Balaban J connectivity index is 2.78. The average Bonchev–Trinajstić information content (AvgIpc) is 2.17. The lowest BCUT2D eigenvalue weighted by Gasteiger charge is -2.05. The summed E-state index contributed by atoms with van der Waals surface area (Å²) in [5.74, 6) is 0. The topological polar surface area (TPSA) is 35.2 Å². The first-order valence-corrected chi connectivity index (χ1v) is 9.10. The van der Waals surface area contributed by atoms with Crippen LogP contribution in [0.4, 0.5) is 0 Å². The largest absolute Gasteiger partial charge is 0.347 e. The van der Waals surface area contributed by atoms with E-state index in [-0.39, 0.29) is 0 Å². The lowest BCUT2D eigenvalue weighted by Crippen LogP contribution is -1.88.